The van der Waals surface area contributed by atoms with E-state index in [0.29, 0.717) is 13.2 Å². The highest BCUT2D eigenvalue weighted by Crippen LogP contribution is 2.71. The van der Waals surface area contributed by atoms with Gasteiger partial charge in [-0.15, -0.1) is 0 Å². The highest BCUT2D eigenvalue weighted by Gasteiger charge is 2.83. The van der Waals surface area contributed by atoms with Gasteiger partial charge in [-0.25, -0.2) is 0 Å². The summed E-state index contributed by atoms with van der Waals surface area (Å²) < 4.78 is 40.3. The molecule has 34 heavy (non-hydrogen) atoms. The van der Waals surface area contributed by atoms with Crippen LogP contribution in [0.15, 0.2) is 0 Å². The Kier molecular flexibility index (Phi) is 5.32. The van der Waals surface area contributed by atoms with Gasteiger partial charge < -0.3 is 32.9 Å². The van der Waals surface area contributed by atoms with Gasteiger partial charge in [-0.05, 0) is 45.3 Å². The third-order valence-electron chi connectivity index (χ3n) is 10.3. The first-order valence-electron chi connectivity index (χ1n) is 13.0. The quantitative estimate of drug-likeness (QED) is 0.423. The average molecular weight is 497 g/mol. The van der Waals surface area contributed by atoms with E-state index in [0.717, 1.165) is 19.1 Å². The number of fused-ring (bicyclic) bond motifs is 4. The lowest BCUT2D eigenvalue weighted by Crippen LogP contribution is -2.76. The summed E-state index contributed by atoms with van der Waals surface area (Å²) in [6, 6.07) is 0. The van der Waals surface area contributed by atoms with Crippen molar-refractivity contribution in [3.05, 3.63) is 0 Å². The van der Waals surface area contributed by atoms with Crippen LogP contribution in [-0.2, 0) is 32.9 Å². The van der Waals surface area contributed by atoms with Crippen molar-refractivity contribution in [3.8, 4) is 0 Å². The van der Waals surface area contributed by atoms with Crippen LogP contribution in [0, 0.1) is 17.3 Å². The summed E-state index contributed by atoms with van der Waals surface area (Å²) in [5.41, 5.74) is -2.34. The summed E-state index contributed by atoms with van der Waals surface area (Å²) >= 11 is 0. The molecule has 194 valence electrons. The first-order valence-corrected chi connectivity index (χ1v) is 15.9. The maximum Gasteiger partial charge on any atom is 0.192 e. The lowest BCUT2D eigenvalue weighted by molar-refractivity contribution is -0.333. The van der Waals surface area contributed by atoms with E-state index in [2.05, 4.69) is 47.7 Å². The second-order valence-corrected chi connectivity index (χ2v) is 18.4. The number of carbonyl (C=O) groups is 1. The molecule has 8 atom stereocenters. The van der Waals surface area contributed by atoms with Gasteiger partial charge in [0, 0.05) is 17.8 Å². The Morgan fingerprint density at radius 3 is 2.18 bits per heavy atom. The zero-order valence-corrected chi connectivity index (χ0v) is 23.7. The van der Waals surface area contributed by atoms with Crippen LogP contribution in [-0.4, -0.2) is 68.9 Å². The molecule has 5 aliphatic rings. The van der Waals surface area contributed by atoms with E-state index in [9.17, 15) is 4.79 Å². The van der Waals surface area contributed by atoms with Crippen LogP contribution in [0.3, 0.4) is 0 Å². The van der Waals surface area contributed by atoms with Gasteiger partial charge in [-0.2, -0.15) is 0 Å². The maximum absolute atomic E-state index is 12.8. The lowest BCUT2D eigenvalue weighted by Gasteiger charge is -2.64. The van der Waals surface area contributed by atoms with Crippen molar-refractivity contribution in [1.82, 2.24) is 0 Å². The molecule has 8 heteroatoms. The second-order valence-electron chi connectivity index (χ2n) is 13.7. The SMILES string of the molecule is C[C@H]1C2(CC[C@]3(C)[C@H]4OC(C)(C)O[C@H]4[C@H]4[C@H](O[Si](C)(C)C(C)(C)C)[C@@]13O[C@]4(C)C=O)OCCO2. The second kappa shape index (κ2) is 7.15. The maximum atomic E-state index is 12.8. The Hall–Kier alpha value is -0.353. The molecule has 2 saturated carbocycles. The summed E-state index contributed by atoms with van der Waals surface area (Å²) in [6.45, 7) is 22.7. The zero-order chi connectivity index (χ0) is 25.2. The molecule has 0 unspecified atom stereocenters. The fourth-order valence-corrected chi connectivity index (χ4v) is 8.84. The first-order chi connectivity index (χ1) is 15.5. The van der Waals surface area contributed by atoms with Crippen LogP contribution >= 0.6 is 0 Å². The van der Waals surface area contributed by atoms with Gasteiger partial charge in [-0.3, -0.25) is 0 Å². The molecule has 3 aliphatic heterocycles. The van der Waals surface area contributed by atoms with E-state index in [1.165, 1.54) is 0 Å². The molecular formula is C26H44O7Si. The first kappa shape index (κ1) is 25.3. The van der Waals surface area contributed by atoms with E-state index in [-0.39, 0.29) is 35.2 Å². The Morgan fingerprint density at radius 2 is 1.62 bits per heavy atom. The summed E-state index contributed by atoms with van der Waals surface area (Å²) in [5, 5.41) is -0.00380. The number of rotatable bonds is 3. The monoisotopic (exact) mass is 496 g/mol. The number of aldehydes is 1. The molecule has 2 aliphatic carbocycles. The molecular weight excluding hydrogens is 452 g/mol. The highest BCUT2D eigenvalue weighted by molar-refractivity contribution is 6.74. The van der Waals surface area contributed by atoms with Gasteiger partial charge in [0.25, 0.3) is 0 Å². The molecule has 0 N–H and O–H groups in total. The molecule has 5 fully saturated rings. The van der Waals surface area contributed by atoms with Crippen LogP contribution in [0.5, 0.6) is 0 Å². The van der Waals surface area contributed by atoms with Crippen molar-refractivity contribution in [1.29, 1.82) is 0 Å². The molecule has 0 aromatic carbocycles. The zero-order valence-electron chi connectivity index (χ0n) is 22.7. The Labute approximate surface area is 205 Å². The summed E-state index contributed by atoms with van der Waals surface area (Å²) in [7, 11) is -2.26. The molecule has 0 aromatic rings. The van der Waals surface area contributed by atoms with Crippen molar-refractivity contribution >= 4 is 14.6 Å². The minimum Gasteiger partial charge on any atom is -0.410 e. The smallest absolute Gasteiger partial charge is 0.192 e. The van der Waals surface area contributed by atoms with Gasteiger partial charge in [0.15, 0.2) is 26.2 Å². The number of carbonyl (C=O) groups excluding carboxylic acids is 1. The molecule has 5 rings (SSSR count). The van der Waals surface area contributed by atoms with Crippen LogP contribution in [0.4, 0.5) is 0 Å². The van der Waals surface area contributed by atoms with Crippen LogP contribution in [0.2, 0.25) is 18.1 Å². The van der Waals surface area contributed by atoms with E-state index in [4.69, 9.17) is 28.1 Å². The fraction of sp³-hybridized carbons (Fsp3) is 0.962. The van der Waals surface area contributed by atoms with Crippen molar-refractivity contribution < 1.29 is 32.9 Å². The number of hydrogen-bond acceptors (Lipinski definition) is 7. The highest BCUT2D eigenvalue weighted by atomic mass is 28.4. The van der Waals surface area contributed by atoms with E-state index >= 15 is 0 Å². The van der Waals surface area contributed by atoms with Gasteiger partial charge in [0.1, 0.15) is 11.2 Å². The van der Waals surface area contributed by atoms with E-state index in [1.807, 2.05) is 20.8 Å². The average Bonchev–Trinajstić information content (AvgIpc) is 3.37. The minimum atomic E-state index is -2.26. The molecule has 2 spiro atoms. The van der Waals surface area contributed by atoms with Gasteiger partial charge >= 0.3 is 0 Å². The van der Waals surface area contributed by atoms with Crippen molar-refractivity contribution in [2.75, 3.05) is 13.2 Å². The topological polar surface area (TPSA) is 72.5 Å². The molecule has 3 heterocycles. The third kappa shape index (κ3) is 2.99. The van der Waals surface area contributed by atoms with Gasteiger partial charge in [0.05, 0.1) is 37.4 Å². The number of ether oxygens (including phenoxy) is 5. The van der Waals surface area contributed by atoms with Crippen LogP contribution in [0.25, 0.3) is 0 Å². The predicted octanol–water partition coefficient (Wildman–Crippen LogP) is 4.43. The number of hydrogen-bond donors (Lipinski definition) is 0. The standard InChI is InChI=1S/C26H44O7Si/c1-16-25(28-13-14-29-25)12-11-23(7)20-18(30-22(5,6)31-20)17-19(32-34(9,10)21(2,3)4)26(16,23)33-24(17,8)15-27/h15-20H,11-14H2,1-10H3/t16-,17-,18-,19-,20-,23+,24+,26-/m0/s1. The Morgan fingerprint density at radius 1 is 1.00 bits per heavy atom. The van der Waals surface area contributed by atoms with Crippen molar-refractivity contribution in [2.45, 2.75) is 127 Å². The molecule has 0 amide bonds. The predicted molar refractivity (Wildman–Crippen MR) is 129 cm³/mol. The molecule has 0 radical (unpaired) electrons. The van der Waals surface area contributed by atoms with Crippen LogP contribution < -0.4 is 0 Å². The van der Waals surface area contributed by atoms with Crippen molar-refractivity contribution in [2.24, 2.45) is 17.3 Å². The van der Waals surface area contributed by atoms with Gasteiger partial charge in [0.2, 0.25) is 0 Å². The molecule has 3 saturated heterocycles. The summed E-state index contributed by atoms with van der Waals surface area (Å²) in [4.78, 5) is 12.8. The molecule has 0 aromatic heterocycles. The van der Waals surface area contributed by atoms with E-state index < -0.39 is 36.5 Å². The van der Waals surface area contributed by atoms with Gasteiger partial charge in [-0.1, -0.05) is 34.6 Å². The van der Waals surface area contributed by atoms with Crippen molar-refractivity contribution in [3.63, 3.8) is 0 Å². The minimum absolute atomic E-state index is 0.00380. The largest absolute Gasteiger partial charge is 0.410 e. The normalized spacial score (nSPS) is 49.2. The lowest BCUT2D eigenvalue weighted by atomic mass is 9.48. The van der Waals surface area contributed by atoms with Crippen LogP contribution in [0.1, 0.15) is 68.2 Å². The Bertz CT molecular complexity index is 862. The summed E-state index contributed by atoms with van der Waals surface area (Å²) in [6.07, 6.45) is 1.64. The molecule has 2 bridgehead atoms. The molecule has 7 nitrogen and oxygen atoms in total. The fourth-order valence-electron chi connectivity index (χ4n) is 7.53. The Balaban J connectivity index is 1.74. The summed E-state index contributed by atoms with van der Waals surface area (Å²) in [5.74, 6) is -1.94. The van der Waals surface area contributed by atoms with E-state index in [1.54, 1.807) is 0 Å². The third-order valence-corrected chi connectivity index (χ3v) is 14.8.